The standard InChI is InChI=1S/C12H15BrFNO2/c1-7(15)12(2,6-11(16)17)9-4-3-8(14)5-10(9)13/h3-5,7H,6,15H2,1-2H3,(H,16,17). The molecule has 17 heavy (non-hydrogen) atoms. The van der Waals surface area contributed by atoms with Crippen LogP contribution in [0.3, 0.4) is 0 Å². The number of carboxylic acids is 1. The van der Waals surface area contributed by atoms with E-state index in [1.807, 2.05) is 0 Å². The van der Waals surface area contributed by atoms with Crippen LogP contribution >= 0.6 is 15.9 Å². The van der Waals surface area contributed by atoms with Gasteiger partial charge in [0.25, 0.3) is 0 Å². The Morgan fingerprint density at radius 1 is 1.65 bits per heavy atom. The molecule has 1 aromatic rings. The fraction of sp³-hybridized carbons (Fsp3) is 0.417. The third-order valence-electron chi connectivity index (χ3n) is 3.07. The van der Waals surface area contributed by atoms with E-state index in [4.69, 9.17) is 10.8 Å². The second kappa shape index (κ2) is 5.14. The van der Waals surface area contributed by atoms with E-state index in [2.05, 4.69) is 15.9 Å². The molecule has 0 aliphatic heterocycles. The number of halogens is 2. The van der Waals surface area contributed by atoms with Gasteiger partial charge in [0.1, 0.15) is 5.82 Å². The number of hydrogen-bond acceptors (Lipinski definition) is 2. The average molecular weight is 304 g/mol. The Labute approximate surface area is 108 Å². The summed E-state index contributed by atoms with van der Waals surface area (Å²) in [7, 11) is 0. The van der Waals surface area contributed by atoms with Crippen molar-refractivity contribution in [1.82, 2.24) is 0 Å². The smallest absolute Gasteiger partial charge is 0.304 e. The first kappa shape index (κ1) is 14.1. The molecule has 0 radical (unpaired) electrons. The summed E-state index contributed by atoms with van der Waals surface area (Å²) in [6.07, 6.45) is -0.102. The molecule has 94 valence electrons. The van der Waals surface area contributed by atoms with Crippen LogP contribution in [-0.4, -0.2) is 17.1 Å². The summed E-state index contributed by atoms with van der Waals surface area (Å²) >= 11 is 3.25. The fourth-order valence-electron chi connectivity index (χ4n) is 1.77. The quantitative estimate of drug-likeness (QED) is 0.899. The Hall–Kier alpha value is -0.940. The zero-order chi connectivity index (χ0) is 13.2. The van der Waals surface area contributed by atoms with Gasteiger partial charge in [-0.3, -0.25) is 4.79 Å². The number of nitrogens with two attached hydrogens (primary N) is 1. The van der Waals surface area contributed by atoms with Gasteiger partial charge in [0, 0.05) is 15.9 Å². The van der Waals surface area contributed by atoms with Crippen LogP contribution in [0.2, 0.25) is 0 Å². The number of hydrogen-bond donors (Lipinski definition) is 2. The molecule has 5 heteroatoms. The Morgan fingerprint density at radius 3 is 2.65 bits per heavy atom. The molecule has 3 nitrogen and oxygen atoms in total. The van der Waals surface area contributed by atoms with E-state index in [1.54, 1.807) is 19.9 Å². The average Bonchev–Trinajstić information content (AvgIpc) is 2.15. The lowest BCUT2D eigenvalue weighted by Gasteiger charge is -2.33. The Morgan fingerprint density at radius 2 is 2.24 bits per heavy atom. The van der Waals surface area contributed by atoms with Gasteiger partial charge in [-0.25, -0.2) is 4.39 Å². The van der Waals surface area contributed by atoms with E-state index >= 15 is 0 Å². The maximum atomic E-state index is 13.0. The molecule has 2 atom stereocenters. The van der Waals surface area contributed by atoms with Crippen LogP contribution in [0.25, 0.3) is 0 Å². The lowest BCUT2D eigenvalue weighted by molar-refractivity contribution is -0.138. The largest absolute Gasteiger partial charge is 0.481 e. The molecule has 0 bridgehead atoms. The summed E-state index contributed by atoms with van der Waals surface area (Å²) < 4.78 is 13.6. The van der Waals surface area contributed by atoms with Crippen molar-refractivity contribution < 1.29 is 14.3 Å². The van der Waals surface area contributed by atoms with Crippen molar-refractivity contribution in [3.63, 3.8) is 0 Å². The van der Waals surface area contributed by atoms with E-state index in [9.17, 15) is 9.18 Å². The molecule has 0 spiro atoms. The topological polar surface area (TPSA) is 63.3 Å². The molecule has 0 fully saturated rings. The van der Waals surface area contributed by atoms with Gasteiger partial charge in [-0.05, 0) is 24.6 Å². The molecule has 0 aromatic heterocycles. The van der Waals surface area contributed by atoms with E-state index in [1.165, 1.54) is 12.1 Å². The highest BCUT2D eigenvalue weighted by Crippen LogP contribution is 2.35. The monoisotopic (exact) mass is 303 g/mol. The minimum Gasteiger partial charge on any atom is -0.481 e. The molecule has 0 aliphatic carbocycles. The van der Waals surface area contributed by atoms with E-state index in [0.717, 1.165) is 0 Å². The predicted octanol–water partition coefficient (Wildman–Crippen LogP) is 2.67. The SMILES string of the molecule is CC(N)C(C)(CC(=O)O)c1ccc(F)cc1Br. The van der Waals surface area contributed by atoms with Crippen LogP contribution < -0.4 is 5.73 Å². The Bertz CT molecular complexity index is 437. The van der Waals surface area contributed by atoms with Crippen LogP contribution in [0.1, 0.15) is 25.8 Å². The molecule has 2 unspecified atom stereocenters. The zero-order valence-electron chi connectivity index (χ0n) is 9.71. The van der Waals surface area contributed by atoms with Crippen LogP contribution in [0.5, 0.6) is 0 Å². The predicted molar refractivity (Wildman–Crippen MR) is 67.4 cm³/mol. The summed E-state index contributed by atoms with van der Waals surface area (Å²) in [5.41, 5.74) is 5.85. The molecular formula is C12H15BrFNO2. The second-order valence-corrected chi connectivity index (χ2v) is 5.26. The fourth-order valence-corrected chi connectivity index (χ4v) is 2.57. The number of rotatable bonds is 4. The molecule has 0 saturated carbocycles. The van der Waals surface area contributed by atoms with Crippen molar-refractivity contribution in [3.8, 4) is 0 Å². The highest BCUT2D eigenvalue weighted by Gasteiger charge is 2.35. The van der Waals surface area contributed by atoms with Gasteiger partial charge in [-0.15, -0.1) is 0 Å². The van der Waals surface area contributed by atoms with Crippen molar-refractivity contribution in [2.45, 2.75) is 31.7 Å². The van der Waals surface area contributed by atoms with Gasteiger partial charge in [0.15, 0.2) is 0 Å². The van der Waals surface area contributed by atoms with Gasteiger partial charge in [-0.1, -0.05) is 28.9 Å². The second-order valence-electron chi connectivity index (χ2n) is 4.40. The molecule has 0 amide bonds. The van der Waals surface area contributed by atoms with Gasteiger partial charge in [-0.2, -0.15) is 0 Å². The third-order valence-corrected chi connectivity index (χ3v) is 3.73. The van der Waals surface area contributed by atoms with E-state index in [-0.39, 0.29) is 18.3 Å². The number of carbonyl (C=O) groups is 1. The maximum absolute atomic E-state index is 13.0. The molecule has 1 aromatic carbocycles. The number of carboxylic acid groups (broad SMARTS) is 1. The summed E-state index contributed by atoms with van der Waals surface area (Å²) in [5, 5.41) is 8.96. The van der Waals surface area contributed by atoms with Gasteiger partial charge in [0.2, 0.25) is 0 Å². The van der Waals surface area contributed by atoms with Crippen molar-refractivity contribution in [3.05, 3.63) is 34.1 Å². The highest BCUT2D eigenvalue weighted by molar-refractivity contribution is 9.10. The first-order valence-corrected chi connectivity index (χ1v) is 5.99. The summed E-state index contributed by atoms with van der Waals surface area (Å²) in [6.45, 7) is 3.52. The zero-order valence-corrected chi connectivity index (χ0v) is 11.3. The molecule has 0 saturated heterocycles. The van der Waals surface area contributed by atoms with Crippen molar-refractivity contribution in [2.75, 3.05) is 0 Å². The minimum atomic E-state index is -0.930. The van der Waals surface area contributed by atoms with Gasteiger partial charge >= 0.3 is 5.97 Å². The first-order chi connectivity index (χ1) is 7.77. The first-order valence-electron chi connectivity index (χ1n) is 5.20. The minimum absolute atomic E-state index is 0.102. The maximum Gasteiger partial charge on any atom is 0.304 e. The van der Waals surface area contributed by atoms with Crippen LogP contribution in [0, 0.1) is 5.82 Å². The Balaban J connectivity index is 3.27. The molecule has 0 aliphatic rings. The lowest BCUT2D eigenvalue weighted by atomic mass is 9.74. The van der Waals surface area contributed by atoms with Crippen molar-refractivity contribution >= 4 is 21.9 Å². The van der Waals surface area contributed by atoms with E-state index < -0.39 is 11.4 Å². The lowest BCUT2D eigenvalue weighted by Crippen LogP contribution is -2.43. The Kier molecular flexibility index (Phi) is 4.27. The highest BCUT2D eigenvalue weighted by atomic mass is 79.9. The van der Waals surface area contributed by atoms with E-state index in [0.29, 0.717) is 10.0 Å². The molecule has 3 N–H and O–H groups in total. The van der Waals surface area contributed by atoms with Crippen molar-refractivity contribution in [2.24, 2.45) is 5.73 Å². The van der Waals surface area contributed by atoms with Crippen LogP contribution in [0.15, 0.2) is 22.7 Å². The number of benzene rings is 1. The normalized spacial score (nSPS) is 16.3. The summed E-state index contributed by atoms with van der Waals surface area (Å²) in [4.78, 5) is 10.9. The summed E-state index contributed by atoms with van der Waals surface area (Å²) in [6, 6.07) is 3.84. The number of aliphatic carboxylic acids is 1. The van der Waals surface area contributed by atoms with Gasteiger partial charge in [0.05, 0.1) is 6.42 Å². The molecule has 0 heterocycles. The summed E-state index contributed by atoms with van der Waals surface area (Å²) in [5.74, 6) is -1.30. The van der Waals surface area contributed by atoms with Crippen LogP contribution in [-0.2, 0) is 10.2 Å². The molecule has 1 rings (SSSR count). The van der Waals surface area contributed by atoms with Crippen LogP contribution in [0.4, 0.5) is 4.39 Å². The van der Waals surface area contributed by atoms with Gasteiger partial charge < -0.3 is 10.8 Å². The molecular weight excluding hydrogens is 289 g/mol. The third kappa shape index (κ3) is 3.04. The van der Waals surface area contributed by atoms with Crippen molar-refractivity contribution in [1.29, 1.82) is 0 Å².